The van der Waals surface area contributed by atoms with Crippen LogP contribution in [0.3, 0.4) is 0 Å². The highest BCUT2D eigenvalue weighted by Gasteiger charge is 2.42. The summed E-state index contributed by atoms with van der Waals surface area (Å²) in [5.41, 5.74) is 0.632. The topological polar surface area (TPSA) is 84.2 Å². The Morgan fingerprint density at radius 3 is 2.50 bits per heavy atom. The Bertz CT molecular complexity index is 557. The number of aromatic nitrogens is 2. The summed E-state index contributed by atoms with van der Waals surface area (Å²) in [7, 11) is 0. The van der Waals surface area contributed by atoms with Crippen molar-refractivity contribution >= 4 is 11.9 Å². The minimum absolute atomic E-state index is 0.0614. The van der Waals surface area contributed by atoms with E-state index in [0.717, 1.165) is 30.7 Å². The highest BCUT2D eigenvalue weighted by Crippen LogP contribution is 2.34. The number of hydrogen-bond acceptors (Lipinski definition) is 3. The van der Waals surface area contributed by atoms with E-state index in [1.165, 1.54) is 0 Å². The van der Waals surface area contributed by atoms with Crippen molar-refractivity contribution < 1.29 is 14.7 Å². The first-order chi connectivity index (χ1) is 10.4. The van der Waals surface area contributed by atoms with Crippen molar-refractivity contribution in [2.75, 3.05) is 0 Å². The molecule has 0 unspecified atom stereocenters. The molecule has 0 aromatic carbocycles. The smallest absolute Gasteiger partial charge is 0.329 e. The second-order valence-electron chi connectivity index (χ2n) is 6.37. The average Bonchev–Trinajstić information content (AvgIpc) is 2.77. The van der Waals surface area contributed by atoms with Gasteiger partial charge in [-0.2, -0.15) is 5.10 Å². The van der Waals surface area contributed by atoms with E-state index in [2.05, 4.69) is 17.3 Å². The molecule has 1 saturated carbocycles. The van der Waals surface area contributed by atoms with E-state index in [1.807, 2.05) is 19.9 Å². The summed E-state index contributed by atoms with van der Waals surface area (Å²) in [5, 5.41) is 16.6. The van der Waals surface area contributed by atoms with E-state index in [1.54, 1.807) is 4.68 Å². The van der Waals surface area contributed by atoms with Crippen molar-refractivity contribution in [2.24, 2.45) is 5.92 Å². The van der Waals surface area contributed by atoms with Crippen LogP contribution in [0.1, 0.15) is 50.4 Å². The largest absolute Gasteiger partial charge is 0.480 e. The van der Waals surface area contributed by atoms with Crippen molar-refractivity contribution in [2.45, 2.75) is 65.0 Å². The highest BCUT2D eigenvalue weighted by atomic mass is 16.4. The van der Waals surface area contributed by atoms with Crippen LogP contribution in [0.2, 0.25) is 0 Å². The van der Waals surface area contributed by atoms with Crippen LogP contribution in [-0.2, 0) is 16.1 Å². The number of aliphatic carboxylic acids is 1. The Morgan fingerprint density at radius 1 is 1.41 bits per heavy atom. The van der Waals surface area contributed by atoms with Crippen LogP contribution in [0.25, 0.3) is 0 Å². The molecule has 0 spiro atoms. The first kappa shape index (κ1) is 16.5. The standard InChI is InChI=1S/C16H25N3O3/c1-4-13-5-7-16(8-6-13,15(21)22)17-14(20)10-19-12(3)9-11(2)18-19/h9,13H,4-8,10H2,1-3H3,(H,17,20)(H,21,22). The zero-order valence-corrected chi connectivity index (χ0v) is 13.6. The fourth-order valence-corrected chi connectivity index (χ4v) is 3.25. The van der Waals surface area contributed by atoms with Crippen molar-refractivity contribution in [1.29, 1.82) is 0 Å². The molecule has 122 valence electrons. The van der Waals surface area contributed by atoms with Crippen LogP contribution in [0, 0.1) is 19.8 Å². The van der Waals surface area contributed by atoms with Gasteiger partial charge in [0.1, 0.15) is 12.1 Å². The highest BCUT2D eigenvalue weighted by molar-refractivity contribution is 5.87. The number of amides is 1. The van der Waals surface area contributed by atoms with Crippen molar-refractivity contribution in [3.05, 3.63) is 17.5 Å². The van der Waals surface area contributed by atoms with Crippen molar-refractivity contribution in [3.8, 4) is 0 Å². The summed E-state index contributed by atoms with van der Waals surface area (Å²) in [5.74, 6) is -0.646. The Balaban J connectivity index is 2.04. The van der Waals surface area contributed by atoms with E-state index in [4.69, 9.17) is 0 Å². The molecule has 0 aliphatic heterocycles. The lowest BCUT2D eigenvalue weighted by atomic mass is 9.75. The number of carbonyl (C=O) groups is 2. The first-order valence-electron chi connectivity index (χ1n) is 7.92. The molecule has 0 radical (unpaired) electrons. The SMILES string of the molecule is CCC1CCC(NC(=O)Cn2nc(C)cc2C)(C(=O)O)CC1. The molecule has 6 heteroatoms. The van der Waals surface area contributed by atoms with Gasteiger partial charge in [-0.1, -0.05) is 13.3 Å². The molecule has 1 amide bonds. The van der Waals surface area contributed by atoms with Crippen LogP contribution in [0.4, 0.5) is 0 Å². The molecule has 22 heavy (non-hydrogen) atoms. The molecular formula is C16H25N3O3. The van der Waals surface area contributed by atoms with Crippen LogP contribution >= 0.6 is 0 Å². The summed E-state index contributed by atoms with van der Waals surface area (Å²) in [6, 6.07) is 1.90. The maximum atomic E-state index is 12.3. The number of carboxylic acid groups (broad SMARTS) is 1. The number of aryl methyl sites for hydroxylation is 2. The number of nitrogens with one attached hydrogen (secondary N) is 1. The third kappa shape index (κ3) is 3.48. The molecular weight excluding hydrogens is 282 g/mol. The van der Waals surface area contributed by atoms with Crippen molar-refractivity contribution in [1.82, 2.24) is 15.1 Å². The van der Waals surface area contributed by atoms with E-state index in [9.17, 15) is 14.7 Å². The predicted molar refractivity (Wildman–Crippen MR) is 82.5 cm³/mol. The van der Waals surface area contributed by atoms with Gasteiger partial charge in [0.25, 0.3) is 0 Å². The van der Waals surface area contributed by atoms with Gasteiger partial charge in [0, 0.05) is 5.69 Å². The quantitative estimate of drug-likeness (QED) is 0.872. The molecule has 2 rings (SSSR count). The predicted octanol–water partition coefficient (Wildman–Crippen LogP) is 2.04. The minimum Gasteiger partial charge on any atom is -0.480 e. The fraction of sp³-hybridized carbons (Fsp3) is 0.688. The van der Waals surface area contributed by atoms with E-state index in [0.29, 0.717) is 18.8 Å². The fourth-order valence-electron chi connectivity index (χ4n) is 3.25. The normalized spacial score (nSPS) is 25.0. The lowest BCUT2D eigenvalue weighted by molar-refractivity contribution is -0.150. The van der Waals surface area contributed by atoms with Crippen LogP contribution in [-0.4, -0.2) is 32.3 Å². The number of nitrogens with zero attached hydrogens (tertiary/aromatic N) is 2. The maximum absolute atomic E-state index is 12.3. The first-order valence-corrected chi connectivity index (χ1v) is 7.92. The molecule has 1 heterocycles. The molecule has 1 aliphatic carbocycles. The third-order valence-electron chi connectivity index (χ3n) is 4.72. The third-order valence-corrected chi connectivity index (χ3v) is 4.72. The van der Waals surface area contributed by atoms with E-state index < -0.39 is 11.5 Å². The summed E-state index contributed by atoms with van der Waals surface area (Å²) in [4.78, 5) is 24.0. The van der Waals surface area contributed by atoms with Gasteiger partial charge in [0.05, 0.1) is 5.69 Å². The molecule has 1 aromatic heterocycles. The molecule has 0 atom stereocenters. The van der Waals surface area contributed by atoms with Gasteiger partial charge in [-0.3, -0.25) is 9.48 Å². The maximum Gasteiger partial charge on any atom is 0.329 e. The van der Waals surface area contributed by atoms with E-state index in [-0.39, 0.29) is 12.5 Å². The molecule has 2 N–H and O–H groups in total. The zero-order valence-electron chi connectivity index (χ0n) is 13.6. The van der Waals surface area contributed by atoms with Gasteiger partial charge in [0.15, 0.2) is 0 Å². The average molecular weight is 307 g/mol. The summed E-state index contributed by atoms with van der Waals surface area (Å²) in [6.07, 6.45) is 3.77. The minimum atomic E-state index is -1.11. The molecule has 1 aliphatic rings. The van der Waals surface area contributed by atoms with Gasteiger partial charge in [0.2, 0.25) is 5.91 Å². The number of rotatable bonds is 5. The molecule has 1 fully saturated rings. The molecule has 0 bridgehead atoms. The van der Waals surface area contributed by atoms with Gasteiger partial charge < -0.3 is 10.4 Å². The summed E-state index contributed by atoms with van der Waals surface area (Å²) >= 11 is 0. The second kappa shape index (κ2) is 6.50. The Kier molecular flexibility index (Phi) is 4.88. The number of carbonyl (C=O) groups excluding carboxylic acids is 1. The molecule has 6 nitrogen and oxygen atoms in total. The molecule has 1 aromatic rings. The lowest BCUT2D eigenvalue weighted by Crippen LogP contribution is -2.57. The molecule has 0 saturated heterocycles. The Morgan fingerprint density at radius 2 is 2.05 bits per heavy atom. The van der Waals surface area contributed by atoms with Gasteiger partial charge >= 0.3 is 5.97 Å². The summed E-state index contributed by atoms with van der Waals surface area (Å²) < 4.78 is 1.61. The monoisotopic (exact) mass is 307 g/mol. The van der Waals surface area contributed by atoms with Crippen LogP contribution in [0.5, 0.6) is 0 Å². The van der Waals surface area contributed by atoms with Crippen LogP contribution in [0.15, 0.2) is 6.07 Å². The van der Waals surface area contributed by atoms with Gasteiger partial charge in [-0.25, -0.2) is 4.79 Å². The van der Waals surface area contributed by atoms with Gasteiger partial charge in [-0.05, 0) is 51.5 Å². The number of carboxylic acids is 1. The summed E-state index contributed by atoms with van der Waals surface area (Å²) in [6.45, 7) is 5.94. The van der Waals surface area contributed by atoms with Gasteiger partial charge in [-0.15, -0.1) is 0 Å². The zero-order chi connectivity index (χ0) is 16.3. The number of hydrogen-bond donors (Lipinski definition) is 2. The Labute approximate surface area is 130 Å². The van der Waals surface area contributed by atoms with Crippen molar-refractivity contribution in [3.63, 3.8) is 0 Å². The van der Waals surface area contributed by atoms with Crippen LogP contribution < -0.4 is 5.32 Å². The Hall–Kier alpha value is -1.85. The lowest BCUT2D eigenvalue weighted by Gasteiger charge is -2.37. The second-order valence-corrected chi connectivity index (χ2v) is 6.37. The van der Waals surface area contributed by atoms with E-state index >= 15 is 0 Å².